The van der Waals surface area contributed by atoms with Gasteiger partial charge in [-0.25, -0.2) is 19.3 Å². The van der Waals surface area contributed by atoms with Crippen molar-refractivity contribution in [3.63, 3.8) is 0 Å². The number of rotatable bonds is 13. The fraction of sp³-hybridized carbons (Fsp3) is 0.857. The molecule has 0 aromatic rings. The van der Waals surface area contributed by atoms with Gasteiger partial charge in [-0.15, -0.1) is 0 Å². The van der Waals surface area contributed by atoms with E-state index in [-0.39, 0.29) is 19.8 Å². The molecule has 0 aromatic heterocycles. The molecule has 0 aliphatic heterocycles. The summed E-state index contributed by atoms with van der Waals surface area (Å²) in [5.74, 6) is -0.407. The first-order valence-corrected chi connectivity index (χ1v) is 10.4. The molecule has 0 aliphatic carbocycles. The second-order valence-electron chi connectivity index (χ2n) is 8.67. The zero-order chi connectivity index (χ0) is 23.9. The fourth-order valence-electron chi connectivity index (χ4n) is 1.99. The minimum atomic E-state index is -0.775. The van der Waals surface area contributed by atoms with Crippen LogP contribution in [0.15, 0.2) is 0 Å². The van der Waals surface area contributed by atoms with Crippen molar-refractivity contribution >= 4 is 18.2 Å². The first kappa shape index (κ1) is 29.1. The van der Waals surface area contributed by atoms with Crippen LogP contribution in [0.2, 0.25) is 0 Å². The first-order valence-electron chi connectivity index (χ1n) is 10.4. The highest BCUT2D eigenvalue weighted by atomic mass is 16.6. The molecule has 0 heterocycles. The van der Waals surface area contributed by atoms with Crippen LogP contribution in [-0.4, -0.2) is 87.6 Å². The number of methoxy groups -OCH3 is 1. The molecule has 0 atom stereocenters. The number of nitrogens with zero attached hydrogens (tertiary/aromatic N) is 1. The van der Waals surface area contributed by atoms with Gasteiger partial charge in [-0.3, -0.25) is 0 Å². The number of amides is 2. The molecule has 182 valence electrons. The van der Waals surface area contributed by atoms with Crippen LogP contribution in [0.5, 0.6) is 0 Å². The van der Waals surface area contributed by atoms with E-state index in [2.05, 4.69) is 4.74 Å². The van der Waals surface area contributed by atoms with Crippen molar-refractivity contribution in [1.82, 2.24) is 4.90 Å². The molecule has 0 unspecified atom stereocenters. The first-order chi connectivity index (χ1) is 14.4. The number of esters is 1. The Morgan fingerprint density at radius 1 is 0.677 bits per heavy atom. The minimum absolute atomic E-state index is 0.0161. The monoisotopic (exact) mass is 449 g/mol. The fourth-order valence-corrected chi connectivity index (χ4v) is 1.99. The van der Waals surface area contributed by atoms with E-state index < -0.39 is 29.4 Å². The molecule has 2 amide bonds. The molecular formula is C21H39NO9. The molecule has 0 saturated heterocycles. The van der Waals surface area contributed by atoms with Crippen LogP contribution >= 0.6 is 0 Å². The van der Waals surface area contributed by atoms with Gasteiger partial charge >= 0.3 is 18.2 Å². The molecule has 0 N–H and O–H groups in total. The van der Waals surface area contributed by atoms with Gasteiger partial charge in [-0.05, 0) is 54.4 Å². The van der Waals surface area contributed by atoms with Crippen LogP contribution < -0.4 is 0 Å². The quantitative estimate of drug-likeness (QED) is 0.238. The molecular weight excluding hydrogens is 410 g/mol. The predicted octanol–water partition coefficient (Wildman–Crippen LogP) is 3.16. The topological polar surface area (TPSA) is 110 Å². The Morgan fingerprint density at radius 3 is 1.52 bits per heavy atom. The van der Waals surface area contributed by atoms with E-state index in [4.69, 9.17) is 23.7 Å². The van der Waals surface area contributed by atoms with Gasteiger partial charge in [0.15, 0.2) is 0 Å². The summed E-state index contributed by atoms with van der Waals surface area (Å²) < 4.78 is 31.1. The Morgan fingerprint density at radius 2 is 1.10 bits per heavy atom. The maximum absolute atomic E-state index is 12.3. The largest absolute Gasteiger partial charge is 0.467 e. The third kappa shape index (κ3) is 17.5. The summed E-state index contributed by atoms with van der Waals surface area (Å²) in [6, 6.07) is 0. The number of ether oxygens (including phenoxy) is 6. The Labute approximate surface area is 185 Å². The highest BCUT2D eigenvalue weighted by Gasteiger charge is 2.30. The summed E-state index contributed by atoms with van der Waals surface area (Å²) in [6.07, 6.45) is -0.230. The molecule has 0 radical (unpaired) electrons. The Bertz CT molecular complexity index is 510. The van der Waals surface area contributed by atoms with E-state index in [0.29, 0.717) is 39.3 Å². The number of carbonyl (C=O) groups excluding carboxylic acids is 3. The zero-order valence-corrected chi connectivity index (χ0v) is 20.0. The van der Waals surface area contributed by atoms with Gasteiger partial charge in [-0.1, -0.05) is 0 Å². The van der Waals surface area contributed by atoms with E-state index in [9.17, 15) is 14.4 Å². The summed E-state index contributed by atoms with van der Waals surface area (Å²) in [6.45, 7) is 12.3. The van der Waals surface area contributed by atoms with Crippen LogP contribution in [0.1, 0.15) is 54.4 Å². The maximum atomic E-state index is 12.3. The van der Waals surface area contributed by atoms with Crippen molar-refractivity contribution in [2.24, 2.45) is 0 Å². The van der Waals surface area contributed by atoms with Crippen LogP contribution in [-0.2, 0) is 33.2 Å². The molecule has 0 aromatic carbocycles. The molecule has 0 fully saturated rings. The third-order valence-electron chi connectivity index (χ3n) is 3.29. The highest BCUT2D eigenvalue weighted by Crippen LogP contribution is 2.14. The van der Waals surface area contributed by atoms with Crippen LogP contribution in [0.4, 0.5) is 9.59 Å². The zero-order valence-electron chi connectivity index (χ0n) is 20.0. The number of carbonyl (C=O) groups is 3. The molecule has 0 bridgehead atoms. The second-order valence-corrected chi connectivity index (χ2v) is 8.67. The van der Waals surface area contributed by atoms with Gasteiger partial charge in [-0.2, -0.15) is 0 Å². The number of hydrogen-bond donors (Lipinski definition) is 0. The third-order valence-corrected chi connectivity index (χ3v) is 3.29. The molecule has 0 saturated carbocycles. The van der Waals surface area contributed by atoms with Gasteiger partial charge in [0.05, 0.1) is 20.3 Å². The minimum Gasteiger partial charge on any atom is -0.467 e. The van der Waals surface area contributed by atoms with Crippen LogP contribution in [0, 0.1) is 0 Å². The lowest BCUT2D eigenvalue weighted by molar-refractivity contribution is -0.146. The Balaban J connectivity index is 4.08. The van der Waals surface area contributed by atoms with Crippen molar-refractivity contribution in [3.05, 3.63) is 0 Å². The van der Waals surface area contributed by atoms with Crippen LogP contribution in [0.25, 0.3) is 0 Å². The maximum Gasteiger partial charge on any atom is 0.419 e. The van der Waals surface area contributed by atoms with E-state index in [0.717, 1.165) is 4.90 Å². The summed E-state index contributed by atoms with van der Waals surface area (Å²) >= 11 is 0. The lowest BCUT2D eigenvalue weighted by Gasteiger charge is -2.28. The van der Waals surface area contributed by atoms with Crippen molar-refractivity contribution in [2.75, 3.05) is 53.3 Å². The second kappa shape index (κ2) is 15.0. The van der Waals surface area contributed by atoms with E-state index in [1.807, 2.05) is 0 Å². The molecule has 10 heteroatoms. The summed E-state index contributed by atoms with van der Waals surface area (Å²) in [5.41, 5.74) is -1.47. The smallest absolute Gasteiger partial charge is 0.419 e. The van der Waals surface area contributed by atoms with E-state index in [1.165, 1.54) is 7.11 Å². The lowest BCUT2D eigenvalue weighted by Crippen LogP contribution is -2.45. The Hall–Kier alpha value is -1.91. The average Bonchev–Trinajstić information content (AvgIpc) is 2.62. The summed E-state index contributed by atoms with van der Waals surface area (Å²) in [7, 11) is 1.31. The van der Waals surface area contributed by atoms with Crippen molar-refractivity contribution in [3.8, 4) is 0 Å². The van der Waals surface area contributed by atoms with E-state index >= 15 is 0 Å². The van der Waals surface area contributed by atoms with Gasteiger partial charge < -0.3 is 28.4 Å². The van der Waals surface area contributed by atoms with Crippen LogP contribution in [0.3, 0.4) is 0 Å². The summed E-state index contributed by atoms with van der Waals surface area (Å²) in [4.78, 5) is 36.5. The van der Waals surface area contributed by atoms with Gasteiger partial charge in [0.2, 0.25) is 0 Å². The standard InChI is InChI=1S/C21H39NO9/c1-20(2,3)30-18(24)22(19(25)31-21(4,5)6)10-15-28-13-8-11-27-12-9-14-29-16-17(23)26-7/h8-16H2,1-7H3. The highest BCUT2D eigenvalue weighted by molar-refractivity contribution is 5.88. The number of hydrogen-bond acceptors (Lipinski definition) is 9. The lowest BCUT2D eigenvalue weighted by atomic mass is 10.2. The predicted molar refractivity (Wildman–Crippen MR) is 113 cm³/mol. The average molecular weight is 450 g/mol. The molecule has 0 rings (SSSR count). The van der Waals surface area contributed by atoms with E-state index in [1.54, 1.807) is 41.5 Å². The van der Waals surface area contributed by atoms with Crippen molar-refractivity contribution < 1.29 is 42.8 Å². The summed E-state index contributed by atoms with van der Waals surface area (Å²) in [5, 5.41) is 0. The molecule has 0 spiro atoms. The Kier molecular flexibility index (Phi) is 14.1. The van der Waals surface area contributed by atoms with Gasteiger partial charge in [0.1, 0.15) is 17.8 Å². The normalized spacial score (nSPS) is 11.7. The molecule has 0 aliphatic rings. The van der Waals surface area contributed by atoms with Crippen molar-refractivity contribution in [2.45, 2.75) is 65.6 Å². The van der Waals surface area contributed by atoms with Gasteiger partial charge in [0.25, 0.3) is 0 Å². The molecule has 10 nitrogen and oxygen atoms in total. The molecule has 31 heavy (non-hydrogen) atoms. The van der Waals surface area contributed by atoms with Crippen molar-refractivity contribution in [1.29, 1.82) is 0 Å². The van der Waals surface area contributed by atoms with Gasteiger partial charge in [0, 0.05) is 26.4 Å². The number of imide groups is 1. The SMILES string of the molecule is COC(=O)COCCCOCCCOCCN(C(=O)OC(C)(C)C)C(=O)OC(C)(C)C.